The van der Waals surface area contributed by atoms with Crippen molar-refractivity contribution in [3.8, 4) is 0 Å². The summed E-state index contributed by atoms with van der Waals surface area (Å²) in [5, 5.41) is 7.17. The maximum atomic E-state index is 11.5. The van der Waals surface area contributed by atoms with E-state index in [1.165, 1.54) is 4.68 Å². The van der Waals surface area contributed by atoms with Gasteiger partial charge in [-0.25, -0.2) is 4.79 Å². The van der Waals surface area contributed by atoms with Crippen LogP contribution in [0.2, 0.25) is 0 Å². The van der Waals surface area contributed by atoms with Gasteiger partial charge < -0.3 is 15.8 Å². The van der Waals surface area contributed by atoms with Crippen LogP contribution in [0.4, 0.5) is 10.6 Å². The van der Waals surface area contributed by atoms with Crippen molar-refractivity contribution in [2.75, 3.05) is 18.9 Å². The third-order valence-electron chi connectivity index (χ3n) is 2.40. The van der Waals surface area contributed by atoms with Crippen LogP contribution in [-0.4, -0.2) is 29.0 Å². The van der Waals surface area contributed by atoms with Gasteiger partial charge in [0.15, 0.2) is 5.82 Å². The Bertz CT molecular complexity index is 386. The van der Waals surface area contributed by atoms with E-state index in [2.05, 4.69) is 10.4 Å². The average molecular weight is 210 g/mol. The summed E-state index contributed by atoms with van der Waals surface area (Å²) in [4.78, 5) is 11.5. The second-order valence-corrected chi connectivity index (χ2v) is 3.35. The summed E-state index contributed by atoms with van der Waals surface area (Å²) in [5.41, 5.74) is 7.49. The average Bonchev–Trinajstić information content (AvgIpc) is 2.58. The summed E-state index contributed by atoms with van der Waals surface area (Å²) in [6.07, 6.45) is 0.297. The first kappa shape index (κ1) is 9.97. The lowest BCUT2D eigenvalue weighted by atomic mass is 10.1. The molecule has 0 saturated heterocycles. The summed E-state index contributed by atoms with van der Waals surface area (Å²) in [7, 11) is 0. The van der Waals surface area contributed by atoms with Gasteiger partial charge in [-0.15, -0.1) is 5.10 Å². The molecule has 0 bridgehead atoms. The molecule has 0 saturated carbocycles. The monoisotopic (exact) mass is 210 g/mol. The predicted molar refractivity (Wildman–Crippen MR) is 54.5 cm³/mol. The maximum Gasteiger partial charge on any atom is 0.434 e. The molecule has 0 spiro atoms. The Balaban J connectivity index is 2.35. The van der Waals surface area contributed by atoms with Gasteiger partial charge in [0, 0.05) is 25.1 Å². The van der Waals surface area contributed by atoms with E-state index in [4.69, 9.17) is 10.5 Å². The number of ether oxygens (including phenoxy) is 1. The minimum atomic E-state index is -0.452. The SMILES string of the molecule is CCOC(=O)n1nc(N)c2c1CCNC2. The molecule has 0 amide bonds. The molecular weight excluding hydrogens is 196 g/mol. The molecule has 0 radical (unpaired) electrons. The van der Waals surface area contributed by atoms with Crippen LogP contribution in [0.3, 0.4) is 0 Å². The summed E-state index contributed by atoms with van der Waals surface area (Å²) in [5.74, 6) is 0.408. The molecule has 2 heterocycles. The van der Waals surface area contributed by atoms with Crippen molar-refractivity contribution in [3.63, 3.8) is 0 Å². The van der Waals surface area contributed by atoms with Crippen LogP contribution in [0.1, 0.15) is 18.2 Å². The number of aromatic nitrogens is 2. The predicted octanol–water partition coefficient (Wildman–Crippen LogP) is 0.116. The zero-order valence-corrected chi connectivity index (χ0v) is 8.62. The molecule has 0 fully saturated rings. The number of nitrogen functional groups attached to an aromatic ring is 1. The fourth-order valence-electron chi connectivity index (χ4n) is 1.71. The van der Waals surface area contributed by atoms with Gasteiger partial charge in [0.1, 0.15) is 0 Å². The van der Waals surface area contributed by atoms with Gasteiger partial charge in [-0.2, -0.15) is 4.68 Å². The van der Waals surface area contributed by atoms with E-state index in [1.54, 1.807) is 6.92 Å². The standard InChI is InChI=1S/C9H14N4O2/c1-2-15-9(14)13-7-3-4-11-5-6(7)8(10)12-13/h11H,2-5H2,1H3,(H2,10,12). The third kappa shape index (κ3) is 1.68. The van der Waals surface area contributed by atoms with Gasteiger partial charge in [0.2, 0.25) is 0 Å². The fourth-order valence-corrected chi connectivity index (χ4v) is 1.71. The molecule has 15 heavy (non-hydrogen) atoms. The minimum Gasteiger partial charge on any atom is -0.448 e. The number of nitrogens with zero attached hydrogens (tertiary/aromatic N) is 2. The lowest BCUT2D eigenvalue weighted by Gasteiger charge is -2.13. The molecule has 1 aliphatic heterocycles. The lowest BCUT2D eigenvalue weighted by Crippen LogP contribution is -2.27. The third-order valence-corrected chi connectivity index (χ3v) is 2.40. The molecule has 0 atom stereocenters. The minimum absolute atomic E-state index is 0.339. The Kier molecular flexibility index (Phi) is 2.59. The van der Waals surface area contributed by atoms with Gasteiger partial charge in [0.25, 0.3) is 0 Å². The lowest BCUT2D eigenvalue weighted by molar-refractivity contribution is 0.149. The first-order valence-corrected chi connectivity index (χ1v) is 4.98. The van der Waals surface area contributed by atoms with Crippen LogP contribution in [0.5, 0.6) is 0 Å². The van der Waals surface area contributed by atoms with E-state index >= 15 is 0 Å². The molecule has 0 aromatic carbocycles. The van der Waals surface area contributed by atoms with E-state index in [9.17, 15) is 4.79 Å². The number of nitrogens with two attached hydrogens (primary N) is 1. The summed E-state index contributed by atoms with van der Waals surface area (Å²) >= 11 is 0. The summed E-state index contributed by atoms with van der Waals surface area (Å²) in [6, 6.07) is 0. The Morgan fingerprint density at radius 2 is 2.53 bits per heavy atom. The van der Waals surface area contributed by atoms with E-state index in [-0.39, 0.29) is 0 Å². The van der Waals surface area contributed by atoms with Gasteiger partial charge in [-0.3, -0.25) is 0 Å². The van der Waals surface area contributed by atoms with Crippen LogP contribution in [0.15, 0.2) is 0 Å². The van der Waals surface area contributed by atoms with Crippen molar-refractivity contribution in [1.82, 2.24) is 15.1 Å². The van der Waals surface area contributed by atoms with Crippen LogP contribution >= 0.6 is 0 Å². The Hall–Kier alpha value is -1.56. The topological polar surface area (TPSA) is 82.2 Å². The maximum absolute atomic E-state index is 11.5. The molecule has 2 rings (SSSR count). The highest BCUT2D eigenvalue weighted by atomic mass is 16.5. The van der Waals surface area contributed by atoms with Crippen molar-refractivity contribution < 1.29 is 9.53 Å². The molecule has 1 aromatic rings. The second kappa shape index (κ2) is 3.90. The van der Waals surface area contributed by atoms with Crippen LogP contribution in [0.25, 0.3) is 0 Å². The number of rotatable bonds is 1. The number of fused-ring (bicyclic) bond motifs is 1. The summed E-state index contributed by atoms with van der Waals surface area (Å²) in [6.45, 7) is 3.60. The van der Waals surface area contributed by atoms with Crippen molar-refractivity contribution in [2.45, 2.75) is 19.9 Å². The second-order valence-electron chi connectivity index (χ2n) is 3.35. The van der Waals surface area contributed by atoms with E-state index in [1.807, 2.05) is 0 Å². The van der Waals surface area contributed by atoms with Crippen molar-refractivity contribution in [2.24, 2.45) is 0 Å². The van der Waals surface area contributed by atoms with Crippen molar-refractivity contribution in [1.29, 1.82) is 0 Å². The van der Waals surface area contributed by atoms with E-state index in [0.29, 0.717) is 19.0 Å². The van der Waals surface area contributed by atoms with Crippen LogP contribution in [0, 0.1) is 0 Å². The largest absolute Gasteiger partial charge is 0.448 e. The molecule has 1 aromatic heterocycles. The normalized spacial score (nSPS) is 14.7. The first-order valence-electron chi connectivity index (χ1n) is 4.98. The van der Waals surface area contributed by atoms with Crippen LogP contribution < -0.4 is 11.1 Å². The van der Waals surface area contributed by atoms with E-state index in [0.717, 1.165) is 24.2 Å². The number of hydrogen-bond acceptors (Lipinski definition) is 5. The first-order chi connectivity index (χ1) is 7.24. The van der Waals surface area contributed by atoms with Crippen LogP contribution in [-0.2, 0) is 17.7 Å². The highest BCUT2D eigenvalue weighted by Crippen LogP contribution is 2.19. The number of nitrogens with one attached hydrogen (secondary N) is 1. The Morgan fingerprint density at radius 3 is 3.27 bits per heavy atom. The number of hydrogen-bond donors (Lipinski definition) is 2. The molecule has 6 heteroatoms. The van der Waals surface area contributed by atoms with Gasteiger partial charge in [-0.1, -0.05) is 0 Å². The smallest absolute Gasteiger partial charge is 0.434 e. The van der Waals surface area contributed by atoms with Crippen molar-refractivity contribution >= 4 is 11.9 Å². The zero-order valence-electron chi connectivity index (χ0n) is 8.62. The Morgan fingerprint density at radius 1 is 1.73 bits per heavy atom. The molecule has 1 aliphatic rings. The molecule has 0 unspecified atom stereocenters. The molecular formula is C9H14N4O2. The van der Waals surface area contributed by atoms with Gasteiger partial charge in [-0.05, 0) is 6.92 Å². The van der Waals surface area contributed by atoms with Gasteiger partial charge >= 0.3 is 6.09 Å². The molecule has 0 aliphatic carbocycles. The molecule has 6 nitrogen and oxygen atoms in total. The highest BCUT2D eigenvalue weighted by Gasteiger charge is 2.22. The fraction of sp³-hybridized carbons (Fsp3) is 0.556. The number of carbonyl (C=O) groups is 1. The Labute approximate surface area is 87.4 Å². The number of carbonyl (C=O) groups excluding carboxylic acids is 1. The number of anilines is 1. The zero-order chi connectivity index (χ0) is 10.8. The molecule has 3 N–H and O–H groups in total. The van der Waals surface area contributed by atoms with Gasteiger partial charge in [0.05, 0.1) is 12.3 Å². The van der Waals surface area contributed by atoms with E-state index < -0.39 is 6.09 Å². The quantitative estimate of drug-likeness (QED) is 0.687. The molecule has 82 valence electrons. The summed E-state index contributed by atoms with van der Waals surface area (Å²) < 4.78 is 6.17. The van der Waals surface area contributed by atoms with Crippen molar-refractivity contribution in [3.05, 3.63) is 11.3 Å². The highest BCUT2D eigenvalue weighted by molar-refractivity contribution is 5.72.